The number of rotatable bonds is 5. The quantitative estimate of drug-likeness (QED) is 0.769. The average molecular weight is 384 g/mol. The molecule has 1 aliphatic rings. The van der Waals surface area contributed by atoms with Gasteiger partial charge in [-0.05, 0) is 59.8 Å². The van der Waals surface area contributed by atoms with Crippen LogP contribution in [0.4, 0.5) is 10.5 Å². The molecule has 0 aromatic heterocycles. The predicted molar refractivity (Wildman–Crippen MR) is 102 cm³/mol. The highest BCUT2D eigenvalue weighted by atomic mass is 32.2. The summed E-state index contributed by atoms with van der Waals surface area (Å²) < 4.78 is 5.04. The first kappa shape index (κ1) is 18.5. The second-order valence-electron chi connectivity index (χ2n) is 5.64. The van der Waals surface area contributed by atoms with Crippen LogP contribution in [0.3, 0.4) is 0 Å². The Labute approximate surface area is 159 Å². The SMILES string of the molecule is COc1ccc(NC(=O)CN2C(=O)S/C(=C\c3ccc(O)cc3)C2=O)cc1. The molecule has 8 heteroatoms. The number of imide groups is 1. The Bertz CT molecular complexity index is 907. The van der Waals surface area contributed by atoms with Crippen molar-refractivity contribution in [2.45, 2.75) is 0 Å². The van der Waals surface area contributed by atoms with Crippen LogP contribution in [-0.4, -0.2) is 40.7 Å². The third-order valence-electron chi connectivity index (χ3n) is 3.74. The minimum absolute atomic E-state index is 0.107. The van der Waals surface area contributed by atoms with E-state index in [9.17, 15) is 19.5 Å². The fraction of sp³-hybridized carbons (Fsp3) is 0.105. The lowest BCUT2D eigenvalue weighted by Crippen LogP contribution is -2.36. The maximum atomic E-state index is 12.4. The third kappa shape index (κ3) is 4.48. The standard InChI is InChI=1S/C19H16N2O5S/c1-26-15-8-4-13(5-9-15)20-17(23)11-21-18(24)16(27-19(21)25)10-12-2-6-14(22)7-3-12/h2-10,22H,11H2,1H3,(H,20,23)/b16-10-. The van der Waals surface area contributed by atoms with Crippen molar-refractivity contribution >= 4 is 40.6 Å². The van der Waals surface area contributed by atoms with Gasteiger partial charge in [0.15, 0.2) is 0 Å². The number of nitrogens with zero attached hydrogens (tertiary/aromatic N) is 1. The molecule has 0 unspecified atom stereocenters. The lowest BCUT2D eigenvalue weighted by atomic mass is 10.2. The number of anilines is 1. The number of benzene rings is 2. The van der Waals surface area contributed by atoms with Crippen LogP contribution in [0.25, 0.3) is 6.08 Å². The highest BCUT2D eigenvalue weighted by Gasteiger charge is 2.36. The molecule has 1 saturated heterocycles. The molecule has 27 heavy (non-hydrogen) atoms. The Kier molecular flexibility index (Phi) is 5.46. The van der Waals surface area contributed by atoms with E-state index in [4.69, 9.17) is 4.74 Å². The van der Waals surface area contributed by atoms with Gasteiger partial charge in [-0.2, -0.15) is 0 Å². The van der Waals surface area contributed by atoms with Crippen molar-refractivity contribution in [2.24, 2.45) is 0 Å². The molecular formula is C19H16N2O5S. The summed E-state index contributed by atoms with van der Waals surface area (Å²) in [5.41, 5.74) is 1.20. The number of phenolic OH excluding ortho intramolecular Hbond substituents is 1. The van der Waals surface area contributed by atoms with Crippen LogP contribution in [0, 0.1) is 0 Å². The number of nitrogens with one attached hydrogen (secondary N) is 1. The van der Waals surface area contributed by atoms with Gasteiger partial charge in [-0.15, -0.1) is 0 Å². The number of methoxy groups -OCH3 is 1. The van der Waals surface area contributed by atoms with Crippen molar-refractivity contribution in [1.29, 1.82) is 0 Å². The predicted octanol–water partition coefficient (Wildman–Crippen LogP) is 3.08. The Morgan fingerprint density at radius 2 is 1.81 bits per heavy atom. The zero-order chi connectivity index (χ0) is 19.4. The molecule has 0 spiro atoms. The maximum Gasteiger partial charge on any atom is 0.294 e. The number of amides is 3. The monoisotopic (exact) mass is 384 g/mol. The number of thioether (sulfide) groups is 1. The molecular weight excluding hydrogens is 368 g/mol. The first-order valence-electron chi connectivity index (χ1n) is 7.94. The molecule has 1 aliphatic heterocycles. The maximum absolute atomic E-state index is 12.4. The van der Waals surface area contributed by atoms with Gasteiger partial charge in [0.05, 0.1) is 12.0 Å². The summed E-state index contributed by atoms with van der Waals surface area (Å²) in [6.45, 7) is -0.371. The van der Waals surface area contributed by atoms with Crippen molar-refractivity contribution in [2.75, 3.05) is 19.0 Å². The molecule has 0 atom stereocenters. The van der Waals surface area contributed by atoms with Crippen molar-refractivity contribution in [3.8, 4) is 11.5 Å². The van der Waals surface area contributed by atoms with Gasteiger partial charge in [0, 0.05) is 5.69 Å². The van der Waals surface area contributed by atoms with E-state index in [0.29, 0.717) is 17.0 Å². The zero-order valence-corrected chi connectivity index (χ0v) is 15.2. The molecule has 1 fully saturated rings. The molecule has 2 aromatic carbocycles. The largest absolute Gasteiger partial charge is 0.508 e. The second-order valence-corrected chi connectivity index (χ2v) is 6.63. The van der Waals surface area contributed by atoms with Crippen LogP contribution in [0.5, 0.6) is 11.5 Å². The number of carbonyl (C=O) groups is 3. The Hall–Kier alpha value is -3.26. The summed E-state index contributed by atoms with van der Waals surface area (Å²) >= 11 is 0.774. The lowest BCUT2D eigenvalue weighted by Gasteiger charge is -2.12. The summed E-state index contributed by atoms with van der Waals surface area (Å²) in [4.78, 5) is 37.8. The van der Waals surface area contributed by atoms with Crippen LogP contribution in [0.15, 0.2) is 53.4 Å². The van der Waals surface area contributed by atoms with E-state index >= 15 is 0 Å². The second kappa shape index (κ2) is 7.96. The molecule has 3 amide bonds. The molecule has 3 rings (SSSR count). The van der Waals surface area contributed by atoms with Gasteiger partial charge in [0.25, 0.3) is 11.1 Å². The van der Waals surface area contributed by atoms with Gasteiger partial charge >= 0.3 is 0 Å². The number of aromatic hydroxyl groups is 1. The van der Waals surface area contributed by atoms with E-state index < -0.39 is 17.1 Å². The molecule has 0 aliphatic carbocycles. The van der Waals surface area contributed by atoms with E-state index in [1.807, 2.05) is 0 Å². The van der Waals surface area contributed by atoms with E-state index in [1.54, 1.807) is 49.6 Å². The fourth-order valence-electron chi connectivity index (χ4n) is 2.38. The lowest BCUT2D eigenvalue weighted by molar-refractivity contribution is -0.127. The normalized spacial score (nSPS) is 15.3. The molecule has 2 aromatic rings. The van der Waals surface area contributed by atoms with Gasteiger partial charge in [0.2, 0.25) is 5.91 Å². The zero-order valence-electron chi connectivity index (χ0n) is 14.3. The van der Waals surface area contributed by atoms with E-state index in [1.165, 1.54) is 12.1 Å². The molecule has 138 valence electrons. The number of phenols is 1. The van der Waals surface area contributed by atoms with Crippen LogP contribution in [0.2, 0.25) is 0 Å². The van der Waals surface area contributed by atoms with Crippen LogP contribution in [0.1, 0.15) is 5.56 Å². The highest BCUT2D eigenvalue weighted by Crippen LogP contribution is 2.32. The number of hydrogen-bond donors (Lipinski definition) is 2. The molecule has 0 bridgehead atoms. The van der Waals surface area contributed by atoms with E-state index in [0.717, 1.165) is 16.7 Å². The van der Waals surface area contributed by atoms with Gasteiger partial charge in [-0.25, -0.2) is 0 Å². The fourth-order valence-corrected chi connectivity index (χ4v) is 3.21. The van der Waals surface area contributed by atoms with Crippen molar-refractivity contribution in [1.82, 2.24) is 4.90 Å². The van der Waals surface area contributed by atoms with Crippen molar-refractivity contribution < 1.29 is 24.2 Å². The smallest absolute Gasteiger partial charge is 0.294 e. The summed E-state index contributed by atoms with van der Waals surface area (Å²) in [6.07, 6.45) is 1.55. The summed E-state index contributed by atoms with van der Waals surface area (Å²) in [5, 5.41) is 11.4. The van der Waals surface area contributed by atoms with E-state index in [-0.39, 0.29) is 17.2 Å². The molecule has 7 nitrogen and oxygen atoms in total. The van der Waals surface area contributed by atoms with Gasteiger partial charge in [-0.1, -0.05) is 12.1 Å². The number of carbonyl (C=O) groups excluding carboxylic acids is 3. The average Bonchev–Trinajstić information content (AvgIpc) is 2.91. The number of ether oxygens (including phenoxy) is 1. The summed E-state index contributed by atoms with van der Waals surface area (Å²) in [7, 11) is 1.54. The van der Waals surface area contributed by atoms with Crippen LogP contribution < -0.4 is 10.1 Å². The van der Waals surface area contributed by atoms with Crippen LogP contribution >= 0.6 is 11.8 Å². The number of hydrogen-bond acceptors (Lipinski definition) is 6. The Morgan fingerprint density at radius 3 is 2.44 bits per heavy atom. The van der Waals surface area contributed by atoms with Crippen molar-refractivity contribution in [3.63, 3.8) is 0 Å². The first-order valence-corrected chi connectivity index (χ1v) is 8.76. The van der Waals surface area contributed by atoms with Gasteiger partial charge in [0.1, 0.15) is 18.0 Å². The minimum Gasteiger partial charge on any atom is -0.508 e. The summed E-state index contributed by atoms with van der Waals surface area (Å²) in [5.74, 6) is -0.245. The first-order chi connectivity index (χ1) is 13.0. The van der Waals surface area contributed by atoms with Crippen LogP contribution in [-0.2, 0) is 9.59 Å². The Morgan fingerprint density at radius 1 is 1.15 bits per heavy atom. The summed E-state index contributed by atoms with van der Waals surface area (Å²) in [6, 6.07) is 12.9. The van der Waals surface area contributed by atoms with Crippen molar-refractivity contribution in [3.05, 3.63) is 59.0 Å². The van der Waals surface area contributed by atoms with Gasteiger partial charge in [-0.3, -0.25) is 19.3 Å². The van der Waals surface area contributed by atoms with E-state index in [2.05, 4.69) is 5.32 Å². The minimum atomic E-state index is -0.525. The molecule has 2 N–H and O–H groups in total. The third-order valence-corrected chi connectivity index (χ3v) is 4.65. The molecule has 1 heterocycles. The van der Waals surface area contributed by atoms with Gasteiger partial charge < -0.3 is 15.2 Å². The molecule has 0 saturated carbocycles. The highest BCUT2D eigenvalue weighted by molar-refractivity contribution is 8.18. The molecule has 0 radical (unpaired) electrons. The topological polar surface area (TPSA) is 95.9 Å². The Balaban J connectivity index is 1.65.